The van der Waals surface area contributed by atoms with E-state index in [0.29, 0.717) is 0 Å². The molecule has 1 amide bonds. The number of anilines is 1. The van der Waals surface area contributed by atoms with Gasteiger partial charge in [0.15, 0.2) is 0 Å². The number of amides is 1. The second-order valence-corrected chi connectivity index (χ2v) is 4.99. The summed E-state index contributed by atoms with van der Waals surface area (Å²) in [6.45, 7) is 2.01. The Morgan fingerprint density at radius 3 is 2.80 bits per heavy atom. The summed E-state index contributed by atoms with van der Waals surface area (Å²) in [5, 5.41) is 11.2. The number of aromatic carboxylic acids is 1. The van der Waals surface area contributed by atoms with Crippen molar-refractivity contribution in [2.45, 2.75) is 13.0 Å². The van der Waals surface area contributed by atoms with Crippen LogP contribution in [0.4, 0.5) is 10.1 Å². The summed E-state index contributed by atoms with van der Waals surface area (Å²) in [4.78, 5) is 23.0. The molecule has 4 N–H and O–H groups in total. The molecule has 2 unspecified atom stereocenters. The van der Waals surface area contributed by atoms with Gasteiger partial charge in [0.1, 0.15) is 5.82 Å². The molecule has 0 saturated carbocycles. The fraction of sp³-hybridized carbons (Fsp3) is 0.385. The summed E-state index contributed by atoms with van der Waals surface area (Å²) in [6, 6.07) is 2.69. The van der Waals surface area contributed by atoms with Crippen LogP contribution in [0.5, 0.6) is 0 Å². The Morgan fingerprint density at radius 2 is 2.25 bits per heavy atom. The van der Waals surface area contributed by atoms with Gasteiger partial charge in [0.05, 0.1) is 29.9 Å². The van der Waals surface area contributed by atoms with Crippen LogP contribution in [0.15, 0.2) is 18.2 Å². The first-order valence-corrected chi connectivity index (χ1v) is 6.02. The summed E-state index contributed by atoms with van der Waals surface area (Å²) >= 11 is 0. The highest BCUT2D eigenvalue weighted by Gasteiger charge is 2.44. The maximum atomic E-state index is 13.6. The standard InChI is InChI=1S/C13H15FN2O4/c1-13(6-20-5-10(13)15)12(19)16-9-4-7(11(17)18)2-3-8(9)14/h2-4,10H,5-6,15H2,1H3,(H,16,19)(H,17,18). The first kappa shape index (κ1) is 14.4. The van der Waals surface area contributed by atoms with Crippen LogP contribution in [-0.2, 0) is 9.53 Å². The van der Waals surface area contributed by atoms with Gasteiger partial charge >= 0.3 is 5.97 Å². The molecular formula is C13H15FN2O4. The van der Waals surface area contributed by atoms with Crippen molar-refractivity contribution in [3.05, 3.63) is 29.6 Å². The van der Waals surface area contributed by atoms with Crippen LogP contribution >= 0.6 is 0 Å². The number of nitrogens with two attached hydrogens (primary N) is 1. The Morgan fingerprint density at radius 1 is 1.55 bits per heavy atom. The predicted octanol–water partition coefficient (Wildman–Crippen LogP) is 0.826. The summed E-state index contributed by atoms with van der Waals surface area (Å²) in [5.41, 5.74) is 4.55. The number of rotatable bonds is 3. The lowest BCUT2D eigenvalue weighted by Crippen LogP contribution is -2.47. The van der Waals surface area contributed by atoms with Gasteiger partial charge in [0.2, 0.25) is 5.91 Å². The zero-order valence-corrected chi connectivity index (χ0v) is 10.9. The molecule has 0 aromatic heterocycles. The van der Waals surface area contributed by atoms with Gasteiger partial charge in [-0.25, -0.2) is 9.18 Å². The molecule has 1 heterocycles. The van der Waals surface area contributed by atoms with Crippen molar-refractivity contribution in [1.29, 1.82) is 0 Å². The first-order chi connectivity index (χ1) is 9.34. The maximum absolute atomic E-state index is 13.6. The van der Waals surface area contributed by atoms with Crippen molar-refractivity contribution in [3.63, 3.8) is 0 Å². The van der Waals surface area contributed by atoms with Gasteiger partial charge in [-0.1, -0.05) is 0 Å². The summed E-state index contributed by atoms with van der Waals surface area (Å²) in [5.74, 6) is -2.41. The van der Waals surface area contributed by atoms with Crippen LogP contribution < -0.4 is 11.1 Å². The van der Waals surface area contributed by atoms with Crippen LogP contribution in [0.25, 0.3) is 0 Å². The Labute approximate surface area is 114 Å². The molecule has 1 aliphatic heterocycles. The van der Waals surface area contributed by atoms with E-state index in [2.05, 4.69) is 5.32 Å². The van der Waals surface area contributed by atoms with E-state index in [4.69, 9.17) is 15.6 Å². The van der Waals surface area contributed by atoms with Crippen molar-refractivity contribution in [3.8, 4) is 0 Å². The normalized spacial score (nSPS) is 25.4. The Kier molecular flexibility index (Phi) is 3.74. The minimum absolute atomic E-state index is 0.112. The second-order valence-electron chi connectivity index (χ2n) is 4.99. The van der Waals surface area contributed by atoms with E-state index >= 15 is 0 Å². The lowest BCUT2D eigenvalue weighted by Gasteiger charge is -2.25. The molecular weight excluding hydrogens is 267 g/mol. The van der Waals surface area contributed by atoms with Crippen molar-refractivity contribution >= 4 is 17.6 Å². The van der Waals surface area contributed by atoms with Crippen LogP contribution in [0, 0.1) is 11.2 Å². The average Bonchev–Trinajstić information content (AvgIpc) is 2.73. The van der Waals surface area contributed by atoms with Crippen molar-refractivity contribution in [1.82, 2.24) is 0 Å². The Bertz CT molecular complexity index is 563. The minimum atomic E-state index is -1.20. The lowest BCUT2D eigenvalue weighted by molar-refractivity contribution is -0.125. The number of carboxylic acids is 1. The van der Waals surface area contributed by atoms with Crippen molar-refractivity contribution in [2.75, 3.05) is 18.5 Å². The average molecular weight is 282 g/mol. The fourth-order valence-corrected chi connectivity index (χ4v) is 1.94. The molecule has 2 rings (SSSR count). The topological polar surface area (TPSA) is 102 Å². The molecule has 1 aliphatic rings. The monoisotopic (exact) mass is 282 g/mol. The smallest absolute Gasteiger partial charge is 0.335 e. The van der Waals surface area contributed by atoms with Gasteiger partial charge in [-0.05, 0) is 25.1 Å². The van der Waals surface area contributed by atoms with E-state index in [1.165, 1.54) is 0 Å². The van der Waals surface area contributed by atoms with Gasteiger partial charge in [-0.2, -0.15) is 0 Å². The van der Waals surface area contributed by atoms with Crippen LogP contribution in [0.1, 0.15) is 17.3 Å². The molecule has 108 valence electrons. The van der Waals surface area contributed by atoms with Crippen LogP contribution in [0.2, 0.25) is 0 Å². The van der Waals surface area contributed by atoms with E-state index in [0.717, 1.165) is 18.2 Å². The third-order valence-corrected chi connectivity index (χ3v) is 3.50. The quantitative estimate of drug-likeness (QED) is 0.762. The minimum Gasteiger partial charge on any atom is -0.478 e. The van der Waals surface area contributed by atoms with E-state index < -0.39 is 29.2 Å². The van der Waals surface area contributed by atoms with Crippen molar-refractivity contribution < 1.29 is 23.8 Å². The fourth-order valence-electron chi connectivity index (χ4n) is 1.94. The van der Waals surface area contributed by atoms with Gasteiger partial charge in [0, 0.05) is 6.04 Å². The molecule has 1 aromatic carbocycles. The number of carbonyl (C=O) groups excluding carboxylic acids is 1. The van der Waals surface area contributed by atoms with Crippen LogP contribution in [0.3, 0.4) is 0 Å². The lowest BCUT2D eigenvalue weighted by atomic mass is 9.85. The highest BCUT2D eigenvalue weighted by atomic mass is 19.1. The highest BCUT2D eigenvalue weighted by Crippen LogP contribution is 2.29. The van der Waals surface area contributed by atoms with Crippen molar-refractivity contribution in [2.24, 2.45) is 11.1 Å². The highest BCUT2D eigenvalue weighted by molar-refractivity contribution is 5.97. The molecule has 7 heteroatoms. The third-order valence-electron chi connectivity index (χ3n) is 3.50. The van der Waals surface area contributed by atoms with E-state index in [9.17, 15) is 14.0 Å². The number of ether oxygens (including phenoxy) is 1. The number of carbonyl (C=O) groups is 2. The zero-order valence-electron chi connectivity index (χ0n) is 10.9. The zero-order chi connectivity index (χ0) is 14.9. The molecule has 1 fully saturated rings. The first-order valence-electron chi connectivity index (χ1n) is 6.02. The van der Waals surface area contributed by atoms with Gasteiger partial charge in [0.25, 0.3) is 0 Å². The molecule has 0 bridgehead atoms. The molecule has 0 spiro atoms. The third kappa shape index (κ3) is 2.50. The molecule has 0 radical (unpaired) electrons. The van der Waals surface area contributed by atoms with E-state index in [1.54, 1.807) is 6.92 Å². The molecule has 1 aromatic rings. The second kappa shape index (κ2) is 5.18. The number of benzene rings is 1. The predicted molar refractivity (Wildman–Crippen MR) is 68.9 cm³/mol. The maximum Gasteiger partial charge on any atom is 0.335 e. The Balaban J connectivity index is 2.23. The summed E-state index contributed by atoms with van der Waals surface area (Å²) < 4.78 is 18.8. The molecule has 0 aliphatic carbocycles. The summed E-state index contributed by atoms with van der Waals surface area (Å²) in [6.07, 6.45) is 0. The number of hydrogen-bond donors (Lipinski definition) is 3. The molecule has 2 atom stereocenters. The van der Waals surface area contributed by atoms with Gasteiger partial charge in [-0.3, -0.25) is 4.79 Å². The number of nitrogens with one attached hydrogen (secondary N) is 1. The summed E-state index contributed by atoms with van der Waals surface area (Å²) in [7, 11) is 0. The van der Waals surface area contributed by atoms with Gasteiger partial charge in [-0.15, -0.1) is 0 Å². The van der Waals surface area contributed by atoms with Crippen LogP contribution in [-0.4, -0.2) is 36.2 Å². The molecule has 6 nitrogen and oxygen atoms in total. The Hall–Kier alpha value is -1.99. The number of hydrogen-bond acceptors (Lipinski definition) is 4. The SMILES string of the molecule is CC1(C(=O)Nc2cc(C(=O)O)ccc2F)COCC1N. The number of halogens is 1. The van der Waals surface area contributed by atoms with E-state index in [-0.39, 0.29) is 24.5 Å². The molecule has 20 heavy (non-hydrogen) atoms. The van der Waals surface area contributed by atoms with E-state index in [1.807, 2.05) is 0 Å². The van der Waals surface area contributed by atoms with Gasteiger partial charge < -0.3 is 20.9 Å². The largest absolute Gasteiger partial charge is 0.478 e. The number of carboxylic acid groups (broad SMARTS) is 1. The molecule has 1 saturated heterocycles.